The molecule has 2 atom stereocenters. The van der Waals surface area contributed by atoms with Gasteiger partial charge in [0.05, 0.1) is 39.5 Å². The summed E-state index contributed by atoms with van der Waals surface area (Å²) in [6, 6.07) is 4.50. The van der Waals surface area contributed by atoms with Gasteiger partial charge in [-0.2, -0.15) is 0 Å². The first kappa shape index (κ1) is 21.2. The van der Waals surface area contributed by atoms with Gasteiger partial charge < -0.3 is 9.64 Å². The van der Waals surface area contributed by atoms with Crippen molar-refractivity contribution >= 4 is 32.7 Å². The van der Waals surface area contributed by atoms with Gasteiger partial charge in [-0.1, -0.05) is 0 Å². The molecule has 0 spiro atoms. The van der Waals surface area contributed by atoms with E-state index in [1.165, 1.54) is 11.8 Å². The number of likely N-dealkylation sites (N-methyl/N-ethyl adjacent to an activating group) is 1. The quantitative estimate of drug-likeness (QED) is 0.681. The third-order valence-electron chi connectivity index (χ3n) is 5.22. The summed E-state index contributed by atoms with van der Waals surface area (Å²) < 4.78 is 28.8. The molecule has 0 aliphatic carbocycles. The molecule has 0 saturated carbocycles. The van der Waals surface area contributed by atoms with Gasteiger partial charge in [-0.3, -0.25) is 4.79 Å². The van der Waals surface area contributed by atoms with Crippen LogP contribution in [0.4, 0.5) is 0 Å². The zero-order chi connectivity index (χ0) is 21.3. The minimum Gasteiger partial charge on any atom is -0.449 e. The molecular formula is C20H25N3O5S. The number of rotatable bonds is 5. The topological polar surface area (TPSA) is 107 Å². The Morgan fingerprint density at radius 1 is 1.21 bits per heavy atom. The van der Waals surface area contributed by atoms with E-state index >= 15 is 0 Å². The lowest BCUT2D eigenvalue weighted by Crippen LogP contribution is -2.46. The molecule has 156 valence electrons. The SMILES string of the molecule is CCN(C(=O)[C@H](C)OC(=O)c1ccc2nc(C)c(C)nc2c1)[C@@H]1CCS(=O)(=O)C1. The molecule has 1 aromatic carbocycles. The van der Waals surface area contributed by atoms with Crippen molar-refractivity contribution in [1.82, 2.24) is 14.9 Å². The Hall–Kier alpha value is -2.55. The number of hydrogen-bond acceptors (Lipinski definition) is 7. The third-order valence-corrected chi connectivity index (χ3v) is 6.97. The van der Waals surface area contributed by atoms with Crippen molar-refractivity contribution in [3.8, 4) is 0 Å². The second-order valence-corrected chi connectivity index (χ2v) is 9.56. The summed E-state index contributed by atoms with van der Waals surface area (Å²) in [6.45, 7) is 7.35. The van der Waals surface area contributed by atoms with Gasteiger partial charge >= 0.3 is 5.97 Å². The monoisotopic (exact) mass is 419 g/mol. The maximum Gasteiger partial charge on any atom is 0.338 e. The van der Waals surface area contributed by atoms with E-state index in [1.54, 1.807) is 25.1 Å². The number of fused-ring (bicyclic) bond motifs is 1. The molecule has 9 heteroatoms. The number of ether oxygens (including phenoxy) is 1. The van der Waals surface area contributed by atoms with Gasteiger partial charge in [0.1, 0.15) is 0 Å². The number of benzene rings is 1. The number of hydrogen-bond donors (Lipinski definition) is 0. The van der Waals surface area contributed by atoms with E-state index in [2.05, 4.69) is 9.97 Å². The standard InChI is InChI=1S/C20H25N3O5S/c1-5-23(16-8-9-29(26,27)11-16)19(24)14(4)28-20(25)15-6-7-17-18(10-15)22-13(3)12(2)21-17/h6-7,10,14,16H,5,8-9,11H2,1-4H3/t14-,16+/m0/s1. The Morgan fingerprint density at radius 2 is 1.86 bits per heavy atom. The van der Waals surface area contributed by atoms with Crippen molar-refractivity contribution < 1.29 is 22.7 Å². The van der Waals surface area contributed by atoms with Gasteiger partial charge in [0.2, 0.25) is 0 Å². The average molecular weight is 420 g/mol. The number of carbonyl (C=O) groups excluding carboxylic acids is 2. The van der Waals surface area contributed by atoms with Gasteiger partial charge in [0, 0.05) is 12.6 Å². The number of nitrogens with zero attached hydrogens (tertiary/aromatic N) is 3. The molecule has 2 aromatic rings. The first-order chi connectivity index (χ1) is 13.6. The second-order valence-electron chi connectivity index (χ2n) is 7.33. The number of carbonyl (C=O) groups is 2. The summed E-state index contributed by atoms with van der Waals surface area (Å²) in [5, 5.41) is 0. The minimum atomic E-state index is -3.12. The first-order valence-electron chi connectivity index (χ1n) is 9.58. The summed E-state index contributed by atoms with van der Waals surface area (Å²) in [5.74, 6) is -1.000. The molecule has 29 heavy (non-hydrogen) atoms. The number of esters is 1. The molecule has 0 bridgehead atoms. The van der Waals surface area contributed by atoms with Crippen LogP contribution in [0.1, 0.15) is 42.0 Å². The molecule has 1 amide bonds. The van der Waals surface area contributed by atoms with Crippen LogP contribution in [-0.2, 0) is 19.4 Å². The summed E-state index contributed by atoms with van der Waals surface area (Å²) in [4.78, 5) is 35.7. The van der Waals surface area contributed by atoms with Crippen molar-refractivity contribution in [3.63, 3.8) is 0 Å². The fraction of sp³-hybridized carbons (Fsp3) is 0.500. The highest BCUT2D eigenvalue weighted by atomic mass is 32.2. The van der Waals surface area contributed by atoms with Crippen molar-refractivity contribution in [2.24, 2.45) is 0 Å². The van der Waals surface area contributed by atoms with E-state index in [9.17, 15) is 18.0 Å². The summed E-state index contributed by atoms with van der Waals surface area (Å²) in [6.07, 6.45) is -0.614. The molecule has 3 rings (SSSR count). The maximum absolute atomic E-state index is 12.8. The number of amides is 1. The van der Waals surface area contributed by atoms with Crippen LogP contribution in [0.15, 0.2) is 18.2 Å². The van der Waals surface area contributed by atoms with Crippen LogP contribution in [0.25, 0.3) is 11.0 Å². The maximum atomic E-state index is 12.8. The highest BCUT2D eigenvalue weighted by molar-refractivity contribution is 7.91. The zero-order valence-corrected chi connectivity index (χ0v) is 17.8. The van der Waals surface area contributed by atoms with E-state index in [0.717, 1.165) is 11.4 Å². The lowest BCUT2D eigenvalue weighted by molar-refractivity contribution is -0.141. The molecule has 0 unspecified atom stereocenters. The Kier molecular flexibility index (Phi) is 5.88. The van der Waals surface area contributed by atoms with E-state index in [4.69, 9.17) is 4.74 Å². The summed E-state index contributed by atoms with van der Waals surface area (Å²) >= 11 is 0. The Balaban J connectivity index is 1.73. The number of aromatic nitrogens is 2. The van der Waals surface area contributed by atoms with Gasteiger partial charge in [-0.05, 0) is 52.3 Å². The molecule has 1 saturated heterocycles. The largest absolute Gasteiger partial charge is 0.449 e. The fourth-order valence-corrected chi connectivity index (χ4v) is 5.22. The molecule has 1 fully saturated rings. The second kappa shape index (κ2) is 8.06. The van der Waals surface area contributed by atoms with Crippen molar-refractivity contribution in [2.75, 3.05) is 18.1 Å². The molecule has 1 aliphatic heterocycles. The van der Waals surface area contributed by atoms with Gasteiger partial charge in [0.15, 0.2) is 15.9 Å². The van der Waals surface area contributed by atoms with Gasteiger partial charge in [-0.25, -0.2) is 23.2 Å². The van der Waals surface area contributed by atoms with Crippen LogP contribution < -0.4 is 0 Å². The Morgan fingerprint density at radius 3 is 2.45 bits per heavy atom. The van der Waals surface area contributed by atoms with Crippen molar-refractivity contribution in [1.29, 1.82) is 0 Å². The van der Waals surface area contributed by atoms with Crippen LogP contribution in [0.2, 0.25) is 0 Å². The molecular weight excluding hydrogens is 394 g/mol. The van der Waals surface area contributed by atoms with E-state index in [0.29, 0.717) is 24.0 Å². The Bertz CT molecular complexity index is 1070. The van der Waals surface area contributed by atoms with Crippen molar-refractivity contribution in [2.45, 2.75) is 46.3 Å². The Labute approximate surface area is 170 Å². The van der Waals surface area contributed by atoms with Crippen LogP contribution in [0, 0.1) is 13.8 Å². The zero-order valence-electron chi connectivity index (χ0n) is 17.0. The fourth-order valence-electron chi connectivity index (χ4n) is 3.49. The lowest BCUT2D eigenvalue weighted by atomic mass is 10.1. The van der Waals surface area contributed by atoms with Crippen LogP contribution in [0.5, 0.6) is 0 Å². The third kappa shape index (κ3) is 4.55. The van der Waals surface area contributed by atoms with Gasteiger partial charge in [-0.15, -0.1) is 0 Å². The molecule has 0 radical (unpaired) electrons. The normalized spacial score (nSPS) is 19.1. The predicted octanol–water partition coefficient (Wildman–Crippen LogP) is 1.83. The lowest BCUT2D eigenvalue weighted by Gasteiger charge is -2.29. The van der Waals surface area contributed by atoms with Crippen LogP contribution in [0.3, 0.4) is 0 Å². The minimum absolute atomic E-state index is 0.0463. The molecule has 8 nitrogen and oxygen atoms in total. The van der Waals surface area contributed by atoms with Crippen LogP contribution >= 0.6 is 0 Å². The van der Waals surface area contributed by atoms with E-state index in [-0.39, 0.29) is 23.1 Å². The summed E-state index contributed by atoms with van der Waals surface area (Å²) in [5.41, 5.74) is 3.12. The molecule has 2 heterocycles. The van der Waals surface area contributed by atoms with Crippen LogP contribution in [-0.4, -0.2) is 65.4 Å². The number of aryl methyl sites for hydroxylation is 2. The first-order valence-corrected chi connectivity index (χ1v) is 11.4. The highest BCUT2D eigenvalue weighted by Gasteiger charge is 2.36. The molecule has 1 aromatic heterocycles. The average Bonchev–Trinajstić information content (AvgIpc) is 3.02. The van der Waals surface area contributed by atoms with E-state index < -0.39 is 27.8 Å². The van der Waals surface area contributed by atoms with E-state index in [1.807, 2.05) is 13.8 Å². The predicted molar refractivity (Wildman–Crippen MR) is 108 cm³/mol. The number of sulfone groups is 1. The molecule has 0 N–H and O–H groups in total. The highest BCUT2D eigenvalue weighted by Crippen LogP contribution is 2.20. The van der Waals surface area contributed by atoms with Crippen molar-refractivity contribution in [3.05, 3.63) is 35.2 Å². The van der Waals surface area contributed by atoms with Gasteiger partial charge in [0.25, 0.3) is 5.91 Å². The molecule has 1 aliphatic rings. The smallest absolute Gasteiger partial charge is 0.338 e. The summed E-state index contributed by atoms with van der Waals surface area (Å²) in [7, 11) is -3.12.